The summed E-state index contributed by atoms with van der Waals surface area (Å²) in [5.74, 6) is 0. The van der Waals surface area contributed by atoms with Gasteiger partial charge in [-0.3, -0.25) is 0 Å². The van der Waals surface area contributed by atoms with Crippen molar-refractivity contribution in [2.45, 2.75) is 12.8 Å². The maximum Gasteiger partial charge on any atom is 0 e. The van der Waals surface area contributed by atoms with E-state index < -0.39 is 0 Å². The van der Waals surface area contributed by atoms with Crippen molar-refractivity contribution in [3.05, 3.63) is 0 Å². The van der Waals surface area contributed by atoms with Crippen molar-refractivity contribution in [2.24, 2.45) is 0 Å². The molecule has 1 rings (SSSR count). The van der Waals surface area contributed by atoms with E-state index >= 15 is 0 Å². The maximum atomic E-state index is 3.22. The Bertz CT molecular complexity index is 19.1. The molecule has 0 radical (unpaired) electrons. The van der Waals surface area contributed by atoms with Crippen LogP contribution >= 0.6 is 0 Å². The molecule has 0 aromatic carbocycles. The topological polar surface area (TPSA) is 12.0 Å². The standard InChI is InChI=1S/C4H9N.W/c1-2-4-5-3-1;/h5H,1-4H2;. The van der Waals surface area contributed by atoms with Crippen molar-refractivity contribution in [1.29, 1.82) is 0 Å². The van der Waals surface area contributed by atoms with Gasteiger partial charge in [0.2, 0.25) is 0 Å². The van der Waals surface area contributed by atoms with Gasteiger partial charge >= 0.3 is 0 Å². The van der Waals surface area contributed by atoms with Crippen LogP contribution in [0.25, 0.3) is 0 Å². The van der Waals surface area contributed by atoms with Crippen LogP contribution < -0.4 is 5.32 Å². The number of nitrogens with one attached hydrogen (secondary N) is 1. The minimum absolute atomic E-state index is 0. The minimum atomic E-state index is 0. The summed E-state index contributed by atoms with van der Waals surface area (Å²) in [6, 6.07) is 0. The number of hydrogen-bond acceptors (Lipinski definition) is 1. The average molecular weight is 255 g/mol. The van der Waals surface area contributed by atoms with E-state index in [4.69, 9.17) is 0 Å². The molecular formula is C4H9NW. The van der Waals surface area contributed by atoms with Gasteiger partial charge in [-0.2, -0.15) is 0 Å². The number of rotatable bonds is 0. The second-order valence-corrected chi connectivity index (χ2v) is 1.46. The van der Waals surface area contributed by atoms with Gasteiger partial charge in [0, 0.05) is 21.1 Å². The zero-order valence-corrected chi connectivity index (χ0v) is 6.67. The molecule has 0 unspecified atom stereocenters. The molecule has 0 aliphatic carbocycles. The molecule has 0 amide bonds. The van der Waals surface area contributed by atoms with E-state index in [0.29, 0.717) is 0 Å². The average Bonchev–Trinajstić information content (AvgIpc) is 1.76. The van der Waals surface area contributed by atoms with Crippen LogP contribution in [0.2, 0.25) is 0 Å². The zero-order valence-electron chi connectivity index (χ0n) is 3.74. The molecule has 0 aromatic rings. The largest absolute Gasteiger partial charge is 0.317 e. The van der Waals surface area contributed by atoms with Gasteiger partial charge in [-0.15, -0.1) is 0 Å². The monoisotopic (exact) mass is 255 g/mol. The van der Waals surface area contributed by atoms with Gasteiger partial charge in [-0.05, 0) is 25.9 Å². The molecule has 36 valence electrons. The first kappa shape index (κ1) is 6.65. The smallest absolute Gasteiger partial charge is 0 e. The van der Waals surface area contributed by atoms with Crippen LogP contribution in [0.4, 0.5) is 0 Å². The maximum absolute atomic E-state index is 3.22. The Morgan fingerprint density at radius 1 is 1.00 bits per heavy atom. The fourth-order valence-corrected chi connectivity index (χ4v) is 0.625. The van der Waals surface area contributed by atoms with E-state index in [1.54, 1.807) is 0 Å². The molecule has 6 heavy (non-hydrogen) atoms. The zero-order chi connectivity index (χ0) is 3.54. The molecule has 0 bridgehead atoms. The summed E-state index contributed by atoms with van der Waals surface area (Å²) < 4.78 is 0. The van der Waals surface area contributed by atoms with Crippen LogP contribution in [-0.2, 0) is 21.1 Å². The van der Waals surface area contributed by atoms with E-state index in [0.717, 1.165) is 0 Å². The summed E-state index contributed by atoms with van der Waals surface area (Å²) in [5, 5.41) is 3.22. The summed E-state index contributed by atoms with van der Waals surface area (Å²) in [4.78, 5) is 0. The SMILES string of the molecule is C1CCNC1.[W]. The van der Waals surface area contributed by atoms with Gasteiger partial charge in [0.05, 0.1) is 0 Å². The van der Waals surface area contributed by atoms with Crippen LogP contribution in [0, 0.1) is 0 Å². The first-order valence-corrected chi connectivity index (χ1v) is 2.21. The van der Waals surface area contributed by atoms with Crippen molar-refractivity contribution in [3.63, 3.8) is 0 Å². The molecule has 0 aromatic heterocycles. The van der Waals surface area contributed by atoms with Crippen molar-refractivity contribution >= 4 is 0 Å². The quantitative estimate of drug-likeness (QED) is 0.659. The van der Waals surface area contributed by atoms with E-state index in [1.165, 1.54) is 25.9 Å². The second kappa shape index (κ2) is 3.83. The summed E-state index contributed by atoms with van der Waals surface area (Å²) in [5.41, 5.74) is 0. The summed E-state index contributed by atoms with van der Waals surface area (Å²) in [6.45, 7) is 2.50. The fraction of sp³-hybridized carbons (Fsp3) is 1.00. The van der Waals surface area contributed by atoms with Crippen molar-refractivity contribution < 1.29 is 21.1 Å². The summed E-state index contributed by atoms with van der Waals surface area (Å²) >= 11 is 0. The third-order valence-corrected chi connectivity index (χ3v) is 0.957. The van der Waals surface area contributed by atoms with E-state index in [9.17, 15) is 0 Å². The predicted molar refractivity (Wildman–Crippen MR) is 22.1 cm³/mol. The Kier molecular flexibility index (Phi) is 4.24. The molecule has 2 heteroatoms. The Labute approximate surface area is 52.8 Å². The second-order valence-electron chi connectivity index (χ2n) is 1.46. The number of hydrogen-bond donors (Lipinski definition) is 1. The Balaban J connectivity index is 0.000000250. The van der Waals surface area contributed by atoms with Crippen LogP contribution in [0.5, 0.6) is 0 Å². The van der Waals surface area contributed by atoms with Crippen molar-refractivity contribution in [3.8, 4) is 0 Å². The van der Waals surface area contributed by atoms with Gasteiger partial charge in [0.1, 0.15) is 0 Å². The van der Waals surface area contributed by atoms with E-state index in [2.05, 4.69) is 5.32 Å². The van der Waals surface area contributed by atoms with Crippen LogP contribution in [-0.4, -0.2) is 13.1 Å². The van der Waals surface area contributed by atoms with Gasteiger partial charge < -0.3 is 5.32 Å². The van der Waals surface area contributed by atoms with Gasteiger partial charge in [-0.25, -0.2) is 0 Å². The minimum Gasteiger partial charge on any atom is -0.317 e. The van der Waals surface area contributed by atoms with Crippen LogP contribution in [0.15, 0.2) is 0 Å². The molecule has 1 heterocycles. The Morgan fingerprint density at radius 2 is 1.50 bits per heavy atom. The molecule has 0 saturated carbocycles. The van der Waals surface area contributed by atoms with E-state index in [-0.39, 0.29) is 21.1 Å². The molecule has 1 aliphatic rings. The van der Waals surface area contributed by atoms with Gasteiger partial charge in [0.25, 0.3) is 0 Å². The summed E-state index contributed by atoms with van der Waals surface area (Å²) in [7, 11) is 0. The molecule has 1 N–H and O–H groups in total. The van der Waals surface area contributed by atoms with Crippen LogP contribution in [0.3, 0.4) is 0 Å². The van der Waals surface area contributed by atoms with E-state index in [1.807, 2.05) is 0 Å². The fourth-order valence-electron chi connectivity index (χ4n) is 0.625. The normalized spacial score (nSPS) is 20.0. The van der Waals surface area contributed by atoms with Gasteiger partial charge in [-0.1, -0.05) is 0 Å². The first-order chi connectivity index (χ1) is 2.50. The predicted octanol–water partition coefficient (Wildman–Crippen LogP) is 0.367. The van der Waals surface area contributed by atoms with Gasteiger partial charge in [0.15, 0.2) is 0 Å². The molecule has 1 fully saturated rings. The van der Waals surface area contributed by atoms with Crippen molar-refractivity contribution in [2.75, 3.05) is 13.1 Å². The molecule has 0 spiro atoms. The molecule has 1 nitrogen and oxygen atoms in total. The van der Waals surface area contributed by atoms with Crippen molar-refractivity contribution in [1.82, 2.24) is 5.32 Å². The first-order valence-electron chi connectivity index (χ1n) is 2.21. The molecule has 0 atom stereocenters. The van der Waals surface area contributed by atoms with Crippen LogP contribution in [0.1, 0.15) is 12.8 Å². The Hall–Kier alpha value is 0.648. The molecule has 1 aliphatic heterocycles. The Morgan fingerprint density at radius 3 is 1.67 bits per heavy atom. The third kappa shape index (κ3) is 1.94. The summed E-state index contributed by atoms with van der Waals surface area (Å²) in [6.07, 6.45) is 2.78. The third-order valence-electron chi connectivity index (χ3n) is 0.957. The molecule has 1 saturated heterocycles. The molecular weight excluding hydrogens is 246 g/mol.